The second-order valence-electron chi connectivity index (χ2n) is 6.79. The molecule has 0 aliphatic carbocycles. The van der Waals surface area contributed by atoms with Crippen molar-refractivity contribution in [1.29, 1.82) is 0 Å². The van der Waals surface area contributed by atoms with Crippen molar-refractivity contribution in [1.82, 2.24) is 10.3 Å². The number of oxazole rings is 1. The Morgan fingerprint density at radius 1 is 1.00 bits per heavy atom. The third kappa shape index (κ3) is 4.28. The maximum Gasteiger partial charge on any atom is 0.273 e. The van der Waals surface area contributed by atoms with Crippen molar-refractivity contribution in [2.24, 2.45) is 0 Å². The van der Waals surface area contributed by atoms with Crippen LogP contribution in [0.1, 0.15) is 32.9 Å². The van der Waals surface area contributed by atoms with Gasteiger partial charge in [0.25, 0.3) is 5.91 Å². The summed E-state index contributed by atoms with van der Waals surface area (Å²) in [6.45, 7) is 7.41. The van der Waals surface area contributed by atoms with Crippen LogP contribution in [-0.2, 0) is 4.79 Å². The van der Waals surface area contributed by atoms with E-state index in [2.05, 4.69) is 15.6 Å². The Bertz CT molecular complexity index is 1000. The van der Waals surface area contributed by atoms with Gasteiger partial charge in [-0.05, 0) is 51.0 Å². The molecule has 2 N–H and O–H groups in total. The van der Waals surface area contributed by atoms with Gasteiger partial charge in [0, 0.05) is 11.3 Å². The number of hydrogen-bond donors (Lipinski definition) is 2. The van der Waals surface area contributed by atoms with Crippen LogP contribution in [-0.4, -0.2) is 23.3 Å². The van der Waals surface area contributed by atoms with Gasteiger partial charge < -0.3 is 15.1 Å². The molecular weight excluding hydrogens is 354 g/mol. The predicted octanol–water partition coefficient (Wildman–Crippen LogP) is 3.94. The molecule has 0 spiro atoms. The van der Waals surface area contributed by atoms with E-state index >= 15 is 0 Å². The van der Waals surface area contributed by atoms with Crippen LogP contribution >= 0.6 is 0 Å². The van der Waals surface area contributed by atoms with E-state index in [1.54, 1.807) is 6.92 Å². The molecule has 0 atom stereocenters. The summed E-state index contributed by atoms with van der Waals surface area (Å²) in [5, 5.41) is 5.46. The Morgan fingerprint density at radius 2 is 1.64 bits per heavy atom. The van der Waals surface area contributed by atoms with Crippen LogP contribution < -0.4 is 10.6 Å². The van der Waals surface area contributed by atoms with E-state index in [9.17, 15) is 9.59 Å². The van der Waals surface area contributed by atoms with E-state index < -0.39 is 5.91 Å². The maximum atomic E-state index is 12.4. The van der Waals surface area contributed by atoms with Crippen molar-refractivity contribution in [2.45, 2.75) is 27.7 Å². The lowest BCUT2D eigenvalue weighted by Crippen LogP contribution is -2.33. The SMILES string of the molecule is Cc1cc(C)c(NC(=O)CNC(=O)c2nc(-c3ccccc3)oc2C)c(C)c1. The largest absolute Gasteiger partial charge is 0.441 e. The molecule has 0 fully saturated rings. The molecule has 6 nitrogen and oxygen atoms in total. The number of rotatable bonds is 5. The highest BCUT2D eigenvalue weighted by Crippen LogP contribution is 2.22. The maximum absolute atomic E-state index is 12.4. The molecule has 2 aromatic carbocycles. The molecule has 0 saturated heterocycles. The van der Waals surface area contributed by atoms with Gasteiger partial charge in [0.2, 0.25) is 11.8 Å². The number of nitrogens with one attached hydrogen (secondary N) is 2. The van der Waals surface area contributed by atoms with Gasteiger partial charge in [0.05, 0.1) is 6.54 Å². The summed E-state index contributed by atoms with van der Waals surface area (Å²) >= 11 is 0. The van der Waals surface area contributed by atoms with Crippen LogP contribution in [0.15, 0.2) is 46.9 Å². The molecule has 0 radical (unpaired) electrons. The Labute approximate surface area is 164 Å². The van der Waals surface area contributed by atoms with E-state index in [1.807, 2.05) is 63.2 Å². The van der Waals surface area contributed by atoms with Crippen LogP contribution in [0, 0.1) is 27.7 Å². The zero-order valence-corrected chi connectivity index (χ0v) is 16.4. The van der Waals surface area contributed by atoms with E-state index in [0.717, 1.165) is 27.9 Å². The summed E-state index contributed by atoms with van der Waals surface area (Å²) in [6.07, 6.45) is 0. The molecule has 1 aromatic heterocycles. The lowest BCUT2D eigenvalue weighted by Gasteiger charge is -2.13. The second-order valence-corrected chi connectivity index (χ2v) is 6.79. The van der Waals surface area contributed by atoms with Crippen molar-refractivity contribution >= 4 is 17.5 Å². The molecule has 0 bridgehead atoms. The second kappa shape index (κ2) is 8.08. The summed E-state index contributed by atoms with van der Waals surface area (Å²) < 4.78 is 5.59. The molecule has 0 aliphatic heterocycles. The average Bonchev–Trinajstić information content (AvgIpc) is 3.05. The number of amides is 2. The number of hydrogen-bond acceptors (Lipinski definition) is 4. The number of benzene rings is 2. The zero-order chi connectivity index (χ0) is 20.3. The van der Waals surface area contributed by atoms with Crippen molar-refractivity contribution in [2.75, 3.05) is 11.9 Å². The minimum Gasteiger partial charge on any atom is -0.441 e. The molecule has 0 unspecified atom stereocenters. The van der Waals surface area contributed by atoms with Crippen molar-refractivity contribution in [3.8, 4) is 11.5 Å². The van der Waals surface area contributed by atoms with Crippen molar-refractivity contribution < 1.29 is 14.0 Å². The standard InChI is InChI=1S/C22H23N3O3/c1-13-10-14(2)19(15(3)11-13)24-18(26)12-23-21(27)20-16(4)28-22(25-20)17-8-6-5-7-9-17/h5-11H,12H2,1-4H3,(H,23,27)(H,24,26). The number of carbonyl (C=O) groups excluding carboxylic acids is 2. The van der Waals surface area contributed by atoms with E-state index in [-0.39, 0.29) is 18.1 Å². The topological polar surface area (TPSA) is 84.2 Å². The summed E-state index contributed by atoms with van der Waals surface area (Å²) in [5.41, 5.74) is 4.84. The molecule has 144 valence electrons. The third-order valence-corrected chi connectivity index (χ3v) is 4.38. The highest BCUT2D eigenvalue weighted by Gasteiger charge is 2.19. The van der Waals surface area contributed by atoms with Gasteiger partial charge in [-0.2, -0.15) is 0 Å². The highest BCUT2D eigenvalue weighted by atomic mass is 16.4. The monoisotopic (exact) mass is 377 g/mol. The molecular formula is C22H23N3O3. The molecule has 28 heavy (non-hydrogen) atoms. The average molecular weight is 377 g/mol. The molecule has 0 saturated carbocycles. The molecule has 6 heteroatoms. The van der Waals surface area contributed by atoms with Crippen molar-refractivity contribution in [3.63, 3.8) is 0 Å². The van der Waals surface area contributed by atoms with E-state index in [0.29, 0.717) is 11.7 Å². The lowest BCUT2D eigenvalue weighted by atomic mass is 10.1. The van der Waals surface area contributed by atoms with Crippen LogP contribution in [0.4, 0.5) is 5.69 Å². The normalized spacial score (nSPS) is 10.6. The number of nitrogens with zero attached hydrogens (tertiary/aromatic N) is 1. The summed E-state index contributed by atoms with van der Waals surface area (Å²) in [7, 11) is 0. The minimum atomic E-state index is -0.448. The van der Waals surface area contributed by atoms with Gasteiger partial charge >= 0.3 is 0 Å². The van der Waals surface area contributed by atoms with Gasteiger partial charge in [-0.15, -0.1) is 0 Å². The lowest BCUT2D eigenvalue weighted by molar-refractivity contribution is -0.115. The van der Waals surface area contributed by atoms with Crippen LogP contribution in [0.2, 0.25) is 0 Å². The number of aryl methyl sites for hydroxylation is 4. The van der Waals surface area contributed by atoms with Crippen LogP contribution in [0.25, 0.3) is 11.5 Å². The van der Waals surface area contributed by atoms with E-state index in [4.69, 9.17) is 4.42 Å². The van der Waals surface area contributed by atoms with Crippen LogP contribution in [0.3, 0.4) is 0 Å². The fraction of sp³-hybridized carbons (Fsp3) is 0.227. The fourth-order valence-electron chi connectivity index (χ4n) is 3.12. The number of anilines is 1. The first-order valence-electron chi connectivity index (χ1n) is 9.04. The Morgan fingerprint density at radius 3 is 2.29 bits per heavy atom. The molecule has 0 aliphatic rings. The summed E-state index contributed by atoms with van der Waals surface area (Å²) in [6, 6.07) is 13.3. The summed E-state index contributed by atoms with van der Waals surface area (Å²) in [4.78, 5) is 29.0. The van der Waals surface area contributed by atoms with Gasteiger partial charge in [-0.25, -0.2) is 4.98 Å². The third-order valence-electron chi connectivity index (χ3n) is 4.38. The van der Waals surface area contributed by atoms with Crippen LogP contribution in [0.5, 0.6) is 0 Å². The zero-order valence-electron chi connectivity index (χ0n) is 16.4. The predicted molar refractivity (Wildman–Crippen MR) is 108 cm³/mol. The van der Waals surface area contributed by atoms with Gasteiger partial charge in [-0.3, -0.25) is 9.59 Å². The molecule has 2 amide bonds. The smallest absolute Gasteiger partial charge is 0.273 e. The quantitative estimate of drug-likeness (QED) is 0.705. The Kier molecular flexibility index (Phi) is 5.59. The van der Waals surface area contributed by atoms with Gasteiger partial charge in [-0.1, -0.05) is 35.9 Å². The summed E-state index contributed by atoms with van der Waals surface area (Å²) in [5.74, 6) is 0.0318. The Balaban J connectivity index is 1.65. The number of carbonyl (C=O) groups is 2. The van der Waals surface area contributed by atoms with Gasteiger partial charge in [0.15, 0.2) is 5.69 Å². The highest BCUT2D eigenvalue weighted by molar-refractivity contribution is 5.99. The first-order chi connectivity index (χ1) is 13.3. The van der Waals surface area contributed by atoms with Crippen molar-refractivity contribution in [3.05, 3.63) is 70.6 Å². The molecule has 1 heterocycles. The number of aromatic nitrogens is 1. The minimum absolute atomic E-state index is 0.154. The van der Waals surface area contributed by atoms with Gasteiger partial charge in [0.1, 0.15) is 5.76 Å². The molecule has 3 rings (SSSR count). The first kappa shape index (κ1) is 19.4. The first-order valence-corrected chi connectivity index (χ1v) is 9.04. The van der Waals surface area contributed by atoms with E-state index in [1.165, 1.54) is 0 Å². The molecule has 3 aromatic rings. The fourth-order valence-corrected chi connectivity index (χ4v) is 3.12. The Hall–Kier alpha value is -3.41.